The largest absolute Gasteiger partial charge is 0.494 e. The molecule has 170 valence electrons. The molecule has 0 aliphatic heterocycles. The molecule has 0 saturated heterocycles. The highest BCUT2D eigenvalue weighted by molar-refractivity contribution is 5.86. The van der Waals surface area contributed by atoms with Gasteiger partial charge in [0.15, 0.2) is 0 Å². The smallest absolute Gasteiger partial charge is 0.407 e. The van der Waals surface area contributed by atoms with E-state index in [1.807, 2.05) is 38.1 Å². The molecule has 0 spiro atoms. The molecule has 0 aliphatic carbocycles. The monoisotopic (exact) mass is 421 g/mol. The second kappa shape index (κ2) is 13.9. The lowest BCUT2D eigenvalue weighted by Crippen LogP contribution is -2.59. The van der Waals surface area contributed by atoms with Crippen LogP contribution in [0.15, 0.2) is 24.3 Å². The summed E-state index contributed by atoms with van der Waals surface area (Å²) in [5.74, 6) is 0.252. The van der Waals surface area contributed by atoms with Crippen LogP contribution < -0.4 is 10.1 Å². The zero-order valence-corrected chi connectivity index (χ0v) is 19.3. The molecule has 1 unspecified atom stereocenters. The number of carbonyl (C=O) groups excluding carboxylic acids is 2. The predicted octanol–water partition coefficient (Wildman–Crippen LogP) is 5.28. The Bertz CT molecular complexity index is 629. The molecule has 0 aromatic heterocycles. The van der Waals surface area contributed by atoms with Crippen molar-refractivity contribution in [2.75, 3.05) is 20.3 Å². The van der Waals surface area contributed by atoms with E-state index in [-0.39, 0.29) is 12.5 Å². The molecule has 0 saturated carbocycles. The van der Waals surface area contributed by atoms with Crippen molar-refractivity contribution in [2.24, 2.45) is 5.92 Å². The van der Waals surface area contributed by atoms with Gasteiger partial charge in [-0.05, 0) is 49.8 Å². The molecule has 6 nitrogen and oxygen atoms in total. The van der Waals surface area contributed by atoms with Crippen molar-refractivity contribution in [2.45, 2.75) is 78.2 Å². The van der Waals surface area contributed by atoms with E-state index < -0.39 is 17.6 Å². The van der Waals surface area contributed by atoms with Crippen LogP contribution in [-0.4, -0.2) is 37.9 Å². The maximum absolute atomic E-state index is 12.7. The first-order valence-corrected chi connectivity index (χ1v) is 11.1. The lowest BCUT2D eigenvalue weighted by Gasteiger charge is -2.35. The molecule has 1 N–H and O–H groups in total. The first kappa shape index (κ1) is 25.8. The lowest BCUT2D eigenvalue weighted by molar-refractivity contribution is -0.153. The number of nitrogens with one attached hydrogen (secondary N) is 1. The Balaban J connectivity index is 2.71. The van der Waals surface area contributed by atoms with Gasteiger partial charge in [-0.2, -0.15) is 0 Å². The zero-order chi connectivity index (χ0) is 22.4. The summed E-state index contributed by atoms with van der Waals surface area (Å²) in [5, 5.41) is 2.73. The number of ether oxygens (including phenoxy) is 3. The average Bonchev–Trinajstić information content (AvgIpc) is 2.74. The molecule has 0 aliphatic rings. The summed E-state index contributed by atoms with van der Waals surface area (Å²) >= 11 is 0. The topological polar surface area (TPSA) is 73.9 Å². The van der Waals surface area contributed by atoms with Crippen molar-refractivity contribution in [3.8, 4) is 5.75 Å². The third-order valence-corrected chi connectivity index (χ3v) is 5.38. The third-order valence-electron chi connectivity index (χ3n) is 5.38. The minimum atomic E-state index is -1.14. The SMILES string of the molecule is CCCCCCCOc1ccc(CCC(NC(=O)OC)(C(=O)OCC)C(C)C)cc1. The fraction of sp³-hybridized carbons (Fsp3) is 0.667. The van der Waals surface area contributed by atoms with Gasteiger partial charge < -0.3 is 19.5 Å². The maximum Gasteiger partial charge on any atom is 0.407 e. The minimum absolute atomic E-state index is 0.161. The van der Waals surface area contributed by atoms with E-state index >= 15 is 0 Å². The number of unbranched alkanes of at least 4 members (excludes halogenated alkanes) is 4. The molecule has 30 heavy (non-hydrogen) atoms. The number of rotatable bonds is 14. The van der Waals surface area contributed by atoms with Crippen LogP contribution in [0.25, 0.3) is 0 Å². The molecule has 1 amide bonds. The number of carbonyl (C=O) groups is 2. The highest BCUT2D eigenvalue weighted by Gasteiger charge is 2.44. The molecule has 1 aromatic carbocycles. The second-order valence-electron chi connectivity index (χ2n) is 7.87. The Hall–Kier alpha value is -2.24. The second-order valence-corrected chi connectivity index (χ2v) is 7.87. The summed E-state index contributed by atoms with van der Waals surface area (Å²) in [7, 11) is 1.29. The number of hydrogen-bond donors (Lipinski definition) is 1. The van der Waals surface area contributed by atoms with E-state index in [9.17, 15) is 9.59 Å². The number of alkyl carbamates (subject to hydrolysis) is 1. The molecule has 1 aromatic rings. The van der Waals surface area contributed by atoms with Crippen LogP contribution >= 0.6 is 0 Å². The Labute approximate surface area is 181 Å². The first-order chi connectivity index (χ1) is 14.4. The Morgan fingerprint density at radius 2 is 1.70 bits per heavy atom. The molecule has 1 rings (SSSR count). The van der Waals surface area contributed by atoms with Gasteiger partial charge >= 0.3 is 12.1 Å². The normalized spacial score (nSPS) is 12.9. The van der Waals surface area contributed by atoms with E-state index in [1.165, 1.54) is 32.8 Å². The van der Waals surface area contributed by atoms with Crippen LogP contribution in [0.4, 0.5) is 4.79 Å². The molecular formula is C24H39NO5. The van der Waals surface area contributed by atoms with Crippen LogP contribution in [0.2, 0.25) is 0 Å². The van der Waals surface area contributed by atoms with Crippen molar-refractivity contribution >= 4 is 12.1 Å². The number of aryl methyl sites for hydroxylation is 1. The van der Waals surface area contributed by atoms with Crippen LogP contribution in [0.3, 0.4) is 0 Å². The summed E-state index contributed by atoms with van der Waals surface area (Å²) in [6.07, 6.45) is 6.43. The fourth-order valence-electron chi connectivity index (χ4n) is 3.37. The molecule has 1 atom stereocenters. The quantitative estimate of drug-likeness (QED) is 0.327. The number of amides is 1. The number of hydrogen-bond acceptors (Lipinski definition) is 5. The van der Waals surface area contributed by atoms with Gasteiger partial charge in [-0.1, -0.05) is 58.6 Å². The molecular weight excluding hydrogens is 382 g/mol. The van der Waals surface area contributed by atoms with Crippen molar-refractivity contribution in [1.29, 1.82) is 0 Å². The van der Waals surface area contributed by atoms with Gasteiger partial charge in [0.05, 0.1) is 20.3 Å². The van der Waals surface area contributed by atoms with Crippen LogP contribution in [0.1, 0.15) is 71.8 Å². The summed E-state index contributed by atoms with van der Waals surface area (Å²) in [6.45, 7) is 8.73. The lowest BCUT2D eigenvalue weighted by atomic mass is 9.81. The van der Waals surface area contributed by atoms with Gasteiger partial charge in [0.1, 0.15) is 11.3 Å². The van der Waals surface area contributed by atoms with Gasteiger partial charge in [-0.25, -0.2) is 9.59 Å². The number of esters is 1. The number of benzene rings is 1. The highest BCUT2D eigenvalue weighted by atomic mass is 16.5. The van der Waals surface area contributed by atoms with E-state index in [4.69, 9.17) is 14.2 Å². The Morgan fingerprint density at radius 3 is 2.27 bits per heavy atom. The van der Waals surface area contributed by atoms with Gasteiger partial charge in [0.25, 0.3) is 0 Å². The first-order valence-electron chi connectivity index (χ1n) is 11.1. The Kier molecular flexibility index (Phi) is 11.9. The van der Waals surface area contributed by atoms with Crippen molar-refractivity contribution < 1.29 is 23.8 Å². The molecule has 0 fully saturated rings. The van der Waals surface area contributed by atoms with Gasteiger partial charge in [-0.15, -0.1) is 0 Å². The third kappa shape index (κ3) is 8.25. The van der Waals surface area contributed by atoms with Crippen molar-refractivity contribution in [1.82, 2.24) is 5.32 Å². The summed E-state index contributed by atoms with van der Waals surface area (Å²) in [6, 6.07) is 7.91. The fourth-order valence-corrected chi connectivity index (χ4v) is 3.37. The number of methoxy groups -OCH3 is 1. The Morgan fingerprint density at radius 1 is 1.03 bits per heavy atom. The van der Waals surface area contributed by atoms with Gasteiger partial charge in [0, 0.05) is 0 Å². The summed E-state index contributed by atoms with van der Waals surface area (Å²) in [5.41, 5.74) is -0.0807. The highest BCUT2D eigenvalue weighted by Crippen LogP contribution is 2.26. The molecule has 0 heterocycles. The van der Waals surface area contributed by atoms with Gasteiger partial charge in [0.2, 0.25) is 0 Å². The maximum atomic E-state index is 12.7. The van der Waals surface area contributed by atoms with Crippen LogP contribution in [0, 0.1) is 5.92 Å². The van der Waals surface area contributed by atoms with Crippen LogP contribution in [0.5, 0.6) is 5.75 Å². The van der Waals surface area contributed by atoms with Crippen molar-refractivity contribution in [3.63, 3.8) is 0 Å². The molecule has 0 bridgehead atoms. The van der Waals surface area contributed by atoms with E-state index in [0.717, 1.165) is 24.3 Å². The molecule has 6 heteroatoms. The van der Waals surface area contributed by atoms with E-state index in [1.54, 1.807) is 6.92 Å². The summed E-state index contributed by atoms with van der Waals surface area (Å²) < 4.78 is 15.8. The standard InChI is InChI=1S/C24H39NO5/c1-6-8-9-10-11-18-30-21-14-12-20(13-15-21)16-17-24(19(3)4,22(26)29-7-2)25-23(27)28-5/h12-15,19H,6-11,16-18H2,1-5H3,(H,25,27). The van der Waals surface area contributed by atoms with E-state index in [0.29, 0.717) is 12.8 Å². The van der Waals surface area contributed by atoms with Crippen LogP contribution in [-0.2, 0) is 20.7 Å². The summed E-state index contributed by atoms with van der Waals surface area (Å²) in [4.78, 5) is 24.7. The van der Waals surface area contributed by atoms with E-state index in [2.05, 4.69) is 12.2 Å². The van der Waals surface area contributed by atoms with Gasteiger partial charge in [-0.3, -0.25) is 0 Å². The average molecular weight is 422 g/mol. The van der Waals surface area contributed by atoms with Crippen molar-refractivity contribution in [3.05, 3.63) is 29.8 Å². The molecule has 0 radical (unpaired) electrons. The predicted molar refractivity (Wildman–Crippen MR) is 119 cm³/mol. The minimum Gasteiger partial charge on any atom is -0.494 e. The zero-order valence-electron chi connectivity index (χ0n) is 19.3.